The lowest BCUT2D eigenvalue weighted by atomic mass is 9.88. The van der Waals surface area contributed by atoms with E-state index < -0.39 is 18.0 Å². The summed E-state index contributed by atoms with van der Waals surface area (Å²) in [6, 6.07) is 8.92. The molecule has 0 saturated carbocycles. The van der Waals surface area contributed by atoms with E-state index in [0.29, 0.717) is 6.42 Å². The Kier molecular flexibility index (Phi) is 7.05. The van der Waals surface area contributed by atoms with Crippen LogP contribution in [0.5, 0.6) is 0 Å². The van der Waals surface area contributed by atoms with Crippen molar-refractivity contribution in [3.63, 3.8) is 0 Å². The van der Waals surface area contributed by atoms with E-state index in [9.17, 15) is 9.59 Å². The van der Waals surface area contributed by atoms with Gasteiger partial charge in [-0.05, 0) is 24.4 Å². The Morgan fingerprint density at radius 1 is 1.14 bits per heavy atom. The minimum atomic E-state index is -0.553. The normalized spacial score (nSPS) is 12.5. The molecule has 0 unspecified atom stereocenters. The molecule has 0 aliphatic carbocycles. The molecule has 0 amide bonds. The highest BCUT2D eigenvalue weighted by Gasteiger charge is 2.25. The van der Waals surface area contributed by atoms with Crippen molar-refractivity contribution in [3.8, 4) is 0 Å². The topological polar surface area (TPSA) is 64.6 Å². The van der Waals surface area contributed by atoms with Crippen molar-refractivity contribution in [2.45, 2.75) is 39.8 Å². The molecule has 1 rings (SSSR count). The second-order valence-electron chi connectivity index (χ2n) is 6.36. The van der Waals surface area contributed by atoms with Gasteiger partial charge in [-0.15, -0.1) is 0 Å². The number of nitrogens with one attached hydrogen (secondary N) is 1. The Labute approximate surface area is 132 Å². The van der Waals surface area contributed by atoms with Gasteiger partial charge in [-0.1, -0.05) is 51.1 Å². The third-order valence-corrected chi connectivity index (χ3v) is 3.02. The highest BCUT2D eigenvalue weighted by Crippen LogP contribution is 2.21. The summed E-state index contributed by atoms with van der Waals surface area (Å²) in [7, 11) is 1.70. The molecule has 0 radical (unpaired) electrons. The Hall–Kier alpha value is -1.88. The van der Waals surface area contributed by atoms with Gasteiger partial charge in [0.2, 0.25) is 0 Å². The predicted molar refractivity (Wildman–Crippen MR) is 84.1 cm³/mol. The molecule has 0 heterocycles. The van der Waals surface area contributed by atoms with Crippen LogP contribution in [-0.4, -0.2) is 31.6 Å². The third kappa shape index (κ3) is 7.22. The fourth-order valence-electron chi connectivity index (χ4n) is 1.93. The number of carbonyl (C=O) groups is 2. The van der Waals surface area contributed by atoms with Gasteiger partial charge in [-0.2, -0.15) is 0 Å². The molecule has 0 aromatic heterocycles. The number of hydrogen-bond donors (Lipinski definition) is 1. The fraction of sp³-hybridized carbons (Fsp3) is 0.529. The largest absolute Gasteiger partial charge is 0.458 e. The SMILES string of the molecule is CN[C@@H](CC(C)(C)C)C(=O)OCC(=O)OCc1ccccc1. The Morgan fingerprint density at radius 2 is 1.77 bits per heavy atom. The molecule has 0 fully saturated rings. The average molecular weight is 307 g/mol. The predicted octanol–water partition coefficient (Wildman–Crippen LogP) is 2.30. The summed E-state index contributed by atoms with van der Waals surface area (Å²) in [6.45, 7) is 5.93. The van der Waals surface area contributed by atoms with E-state index in [4.69, 9.17) is 9.47 Å². The van der Waals surface area contributed by atoms with Crippen LogP contribution in [0, 0.1) is 5.41 Å². The monoisotopic (exact) mass is 307 g/mol. The first kappa shape index (κ1) is 18.2. The van der Waals surface area contributed by atoms with Gasteiger partial charge in [0.1, 0.15) is 12.6 Å². The average Bonchev–Trinajstić information content (AvgIpc) is 2.48. The molecule has 0 bridgehead atoms. The van der Waals surface area contributed by atoms with Gasteiger partial charge in [-0.3, -0.25) is 4.79 Å². The number of likely N-dealkylation sites (N-methyl/N-ethyl adjacent to an activating group) is 1. The highest BCUT2D eigenvalue weighted by molar-refractivity contribution is 5.79. The Morgan fingerprint density at radius 3 is 2.32 bits per heavy atom. The van der Waals surface area contributed by atoms with Crippen LogP contribution in [0.3, 0.4) is 0 Å². The minimum Gasteiger partial charge on any atom is -0.458 e. The summed E-state index contributed by atoms with van der Waals surface area (Å²) in [5.74, 6) is -0.989. The first-order valence-corrected chi connectivity index (χ1v) is 7.35. The molecule has 5 heteroatoms. The van der Waals surface area contributed by atoms with Crippen LogP contribution in [0.2, 0.25) is 0 Å². The zero-order valence-corrected chi connectivity index (χ0v) is 13.7. The number of carbonyl (C=O) groups excluding carboxylic acids is 2. The van der Waals surface area contributed by atoms with Crippen molar-refractivity contribution in [2.75, 3.05) is 13.7 Å². The smallest absolute Gasteiger partial charge is 0.344 e. The van der Waals surface area contributed by atoms with Crippen molar-refractivity contribution in [1.82, 2.24) is 5.32 Å². The zero-order valence-electron chi connectivity index (χ0n) is 13.7. The molecule has 1 aromatic carbocycles. The van der Waals surface area contributed by atoms with Crippen LogP contribution >= 0.6 is 0 Å². The van der Waals surface area contributed by atoms with Crippen molar-refractivity contribution in [2.24, 2.45) is 5.41 Å². The lowest BCUT2D eigenvalue weighted by molar-refractivity contribution is -0.161. The van der Waals surface area contributed by atoms with Gasteiger partial charge in [0.05, 0.1) is 0 Å². The minimum absolute atomic E-state index is 0.0134. The summed E-state index contributed by atoms with van der Waals surface area (Å²) in [6.07, 6.45) is 0.626. The molecule has 122 valence electrons. The van der Waals surface area contributed by atoms with E-state index in [1.807, 2.05) is 51.1 Å². The van der Waals surface area contributed by atoms with Crippen LogP contribution in [0.15, 0.2) is 30.3 Å². The maximum Gasteiger partial charge on any atom is 0.344 e. The Bertz CT molecular complexity index is 479. The van der Waals surface area contributed by atoms with Gasteiger partial charge in [0.15, 0.2) is 6.61 Å². The molecule has 22 heavy (non-hydrogen) atoms. The molecule has 1 N–H and O–H groups in total. The van der Waals surface area contributed by atoms with Gasteiger partial charge in [-0.25, -0.2) is 4.79 Å². The van der Waals surface area contributed by atoms with E-state index in [1.165, 1.54) is 0 Å². The van der Waals surface area contributed by atoms with Crippen LogP contribution in [0.4, 0.5) is 0 Å². The number of esters is 2. The first-order valence-electron chi connectivity index (χ1n) is 7.35. The van der Waals surface area contributed by atoms with E-state index in [1.54, 1.807) is 7.05 Å². The molecule has 0 spiro atoms. The van der Waals surface area contributed by atoms with Crippen LogP contribution in [0.25, 0.3) is 0 Å². The maximum atomic E-state index is 11.9. The fourth-order valence-corrected chi connectivity index (χ4v) is 1.93. The van der Waals surface area contributed by atoms with Crippen molar-refractivity contribution >= 4 is 11.9 Å². The zero-order chi connectivity index (χ0) is 16.6. The third-order valence-electron chi connectivity index (χ3n) is 3.02. The van der Waals surface area contributed by atoms with Gasteiger partial charge < -0.3 is 14.8 Å². The molecule has 0 aliphatic rings. The Balaban J connectivity index is 2.34. The van der Waals surface area contributed by atoms with E-state index in [2.05, 4.69) is 5.32 Å². The van der Waals surface area contributed by atoms with E-state index >= 15 is 0 Å². The van der Waals surface area contributed by atoms with Gasteiger partial charge in [0, 0.05) is 0 Å². The van der Waals surface area contributed by atoms with E-state index in [0.717, 1.165) is 5.56 Å². The quantitative estimate of drug-likeness (QED) is 0.783. The number of hydrogen-bond acceptors (Lipinski definition) is 5. The highest BCUT2D eigenvalue weighted by atomic mass is 16.6. The molecule has 5 nitrogen and oxygen atoms in total. The molecule has 0 aliphatic heterocycles. The van der Waals surface area contributed by atoms with Gasteiger partial charge >= 0.3 is 11.9 Å². The summed E-state index contributed by atoms with van der Waals surface area (Å²) in [5.41, 5.74) is 0.878. The summed E-state index contributed by atoms with van der Waals surface area (Å²) in [4.78, 5) is 23.5. The van der Waals surface area contributed by atoms with Crippen LogP contribution in [-0.2, 0) is 25.7 Å². The summed E-state index contributed by atoms with van der Waals surface area (Å²) in [5, 5.41) is 2.91. The van der Waals surface area contributed by atoms with E-state index in [-0.39, 0.29) is 18.6 Å². The second kappa shape index (κ2) is 8.54. The maximum absolute atomic E-state index is 11.9. The summed E-state index contributed by atoms with van der Waals surface area (Å²) >= 11 is 0. The standard InChI is InChI=1S/C17H25NO4/c1-17(2,3)10-14(18-4)16(20)22-12-15(19)21-11-13-8-6-5-7-9-13/h5-9,14,18H,10-12H2,1-4H3/t14-/m0/s1. The lowest BCUT2D eigenvalue weighted by Crippen LogP contribution is -2.39. The van der Waals surface area contributed by atoms with Gasteiger partial charge in [0.25, 0.3) is 0 Å². The van der Waals surface area contributed by atoms with Crippen LogP contribution in [0.1, 0.15) is 32.8 Å². The first-order chi connectivity index (χ1) is 10.3. The summed E-state index contributed by atoms with van der Waals surface area (Å²) < 4.78 is 10.1. The number of benzene rings is 1. The van der Waals surface area contributed by atoms with Crippen molar-refractivity contribution in [1.29, 1.82) is 0 Å². The number of rotatable bonds is 7. The van der Waals surface area contributed by atoms with Crippen LogP contribution < -0.4 is 5.32 Å². The van der Waals surface area contributed by atoms with Crippen molar-refractivity contribution in [3.05, 3.63) is 35.9 Å². The lowest BCUT2D eigenvalue weighted by Gasteiger charge is -2.24. The second-order valence-corrected chi connectivity index (χ2v) is 6.36. The molecule has 0 saturated heterocycles. The molecule has 1 aromatic rings. The molecular weight excluding hydrogens is 282 g/mol. The molecule has 1 atom stereocenters. The molecular formula is C17H25NO4. The number of ether oxygens (including phenoxy) is 2. The van der Waals surface area contributed by atoms with Crippen molar-refractivity contribution < 1.29 is 19.1 Å².